The van der Waals surface area contributed by atoms with Crippen LogP contribution in [0, 0.1) is 10.5 Å². The molecule has 0 aliphatic rings. The number of hydrogen-bond donors (Lipinski definition) is 3. The van der Waals surface area contributed by atoms with E-state index in [1.54, 1.807) is 30.3 Å². The lowest BCUT2D eigenvalue weighted by Gasteiger charge is -2.12. The molecule has 0 aromatic heterocycles. The van der Waals surface area contributed by atoms with Gasteiger partial charge in [0.2, 0.25) is 0 Å². The van der Waals surface area contributed by atoms with Crippen LogP contribution in [0.1, 0.15) is 46.5 Å². The topological polar surface area (TPSA) is 70.2 Å². The maximum atomic E-state index is 12.3. The fourth-order valence-electron chi connectivity index (χ4n) is 2.19. The monoisotopic (exact) mass is 495 g/mol. The number of hydrogen-bond acceptors (Lipinski definition) is 3. The third kappa shape index (κ3) is 6.28. The summed E-state index contributed by atoms with van der Waals surface area (Å²) >= 11 is 7.40. The number of benzene rings is 2. The van der Waals surface area contributed by atoms with Gasteiger partial charge in [-0.15, -0.1) is 0 Å². The zero-order chi connectivity index (χ0) is 20.0. The van der Waals surface area contributed by atoms with Crippen molar-refractivity contribution in [2.45, 2.75) is 33.2 Å². The van der Waals surface area contributed by atoms with E-state index < -0.39 is 0 Å². The third-order valence-corrected chi connectivity index (χ3v) is 5.42. The highest BCUT2D eigenvalue weighted by molar-refractivity contribution is 14.1. The lowest BCUT2D eigenvalue weighted by atomic mass is 10.1. The summed E-state index contributed by atoms with van der Waals surface area (Å²) in [5, 5.41) is 8.73. The number of nitrogens with one attached hydrogen (secondary N) is 3. The summed E-state index contributed by atoms with van der Waals surface area (Å²) in [4.78, 5) is 24.4. The summed E-state index contributed by atoms with van der Waals surface area (Å²) in [5.74, 6) is -0.379. The summed E-state index contributed by atoms with van der Waals surface area (Å²) in [6.45, 7) is 5.97. The second-order valence-corrected chi connectivity index (χ2v) is 7.80. The minimum absolute atomic E-state index is 0.110. The number of rotatable bonds is 5. The number of anilines is 1. The van der Waals surface area contributed by atoms with Gasteiger partial charge in [0, 0.05) is 26.4 Å². The summed E-state index contributed by atoms with van der Waals surface area (Å²) in [6, 6.07) is 12.5. The molecule has 0 heterocycles. The van der Waals surface area contributed by atoms with Crippen LogP contribution in [-0.2, 0) is 0 Å². The Hall–Kier alpha value is -2.00. The highest BCUT2D eigenvalue weighted by Gasteiger charge is 2.11. The minimum Gasteiger partial charge on any atom is -0.350 e. The average Bonchev–Trinajstić information content (AvgIpc) is 2.64. The number of amides is 2. The van der Waals surface area contributed by atoms with Crippen molar-refractivity contribution in [2.24, 2.45) is 0 Å². The molecule has 0 aliphatic heterocycles. The van der Waals surface area contributed by atoms with E-state index in [9.17, 15) is 9.59 Å². The van der Waals surface area contributed by atoms with Gasteiger partial charge in [0.25, 0.3) is 11.8 Å². The number of carbonyl (C=O) groups is 2. The first-order valence-corrected chi connectivity index (χ1v) is 10.1. The van der Waals surface area contributed by atoms with Crippen LogP contribution in [0.15, 0.2) is 42.5 Å². The van der Waals surface area contributed by atoms with E-state index in [-0.39, 0.29) is 23.0 Å². The van der Waals surface area contributed by atoms with Crippen LogP contribution < -0.4 is 16.0 Å². The van der Waals surface area contributed by atoms with Crippen LogP contribution in [-0.4, -0.2) is 23.0 Å². The van der Waals surface area contributed by atoms with Crippen molar-refractivity contribution in [3.8, 4) is 0 Å². The molecule has 0 spiro atoms. The Bertz CT molecular complexity index is 853. The van der Waals surface area contributed by atoms with E-state index in [1.807, 2.05) is 32.9 Å². The Labute approximate surface area is 178 Å². The fourth-order valence-corrected chi connectivity index (χ4v) is 2.91. The molecule has 2 rings (SSSR count). The van der Waals surface area contributed by atoms with Crippen molar-refractivity contribution < 1.29 is 9.59 Å². The molecule has 1 unspecified atom stereocenters. The third-order valence-electron chi connectivity index (χ3n) is 4.06. The van der Waals surface area contributed by atoms with Gasteiger partial charge < -0.3 is 10.6 Å². The highest BCUT2D eigenvalue weighted by Crippen LogP contribution is 2.14. The van der Waals surface area contributed by atoms with Crippen LogP contribution in [0.4, 0.5) is 5.69 Å². The number of halogens is 1. The van der Waals surface area contributed by atoms with E-state index in [1.165, 1.54) is 0 Å². The Balaban J connectivity index is 1.94. The van der Waals surface area contributed by atoms with E-state index >= 15 is 0 Å². The zero-order valence-electron chi connectivity index (χ0n) is 15.4. The molecule has 27 heavy (non-hydrogen) atoms. The number of thiocarbonyl (C=S) groups is 1. The van der Waals surface area contributed by atoms with Crippen molar-refractivity contribution in [1.82, 2.24) is 10.6 Å². The van der Waals surface area contributed by atoms with Crippen LogP contribution in [0.5, 0.6) is 0 Å². The molecule has 0 radical (unpaired) electrons. The molecule has 0 fully saturated rings. The van der Waals surface area contributed by atoms with Crippen molar-refractivity contribution in [3.63, 3.8) is 0 Å². The average molecular weight is 495 g/mol. The summed E-state index contributed by atoms with van der Waals surface area (Å²) in [7, 11) is 0. The van der Waals surface area contributed by atoms with Crippen LogP contribution in [0.3, 0.4) is 0 Å². The molecule has 3 N–H and O–H groups in total. The largest absolute Gasteiger partial charge is 0.350 e. The number of aryl methyl sites for hydroxylation is 1. The quantitative estimate of drug-likeness (QED) is 0.429. The highest BCUT2D eigenvalue weighted by atomic mass is 127. The van der Waals surface area contributed by atoms with Gasteiger partial charge in [-0.1, -0.05) is 13.0 Å². The predicted octanol–water partition coefficient (Wildman–Crippen LogP) is 4.25. The zero-order valence-corrected chi connectivity index (χ0v) is 18.4. The van der Waals surface area contributed by atoms with Gasteiger partial charge in [-0.25, -0.2) is 0 Å². The molecule has 7 heteroatoms. The second kappa shape index (κ2) is 9.80. The first-order chi connectivity index (χ1) is 12.8. The second-order valence-electron chi connectivity index (χ2n) is 6.23. The first kappa shape index (κ1) is 21.3. The van der Waals surface area contributed by atoms with Crippen LogP contribution in [0.2, 0.25) is 0 Å². The molecule has 1 atom stereocenters. The lowest BCUT2D eigenvalue weighted by molar-refractivity contribution is 0.0937. The van der Waals surface area contributed by atoms with Crippen molar-refractivity contribution in [2.75, 3.05) is 5.32 Å². The van der Waals surface area contributed by atoms with Gasteiger partial charge >= 0.3 is 0 Å². The smallest absolute Gasteiger partial charge is 0.257 e. The Morgan fingerprint density at radius 2 is 1.70 bits per heavy atom. The maximum Gasteiger partial charge on any atom is 0.257 e. The molecule has 2 amide bonds. The molecular formula is C20H22IN3O2S. The molecule has 0 aliphatic carbocycles. The molecule has 0 saturated carbocycles. The molecule has 2 aromatic rings. The van der Waals surface area contributed by atoms with Crippen LogP contribution >= 0.6 is 34.8 Å². The van der Waals surface area contributed by atoms with Crippen molar-refractivity contribution >= 4 is 57.4 Å². The first-order valence-electron chi connectivity index (χ1n) is 8.59. The van der Waals surface area contributed by atoms with Crippen molar-refractivity contribution in [3.05, 3.63) is 62.7 Å². The van der Waals surface area contributed by atoms with Crippen molar-refractivity contribution in [1.29, 1.82) is 0 Å². The summed E-state index contributed by atoms with van der Waals surface area (Å²) in [5.41, 5.74) is 2.93. The van der Waals surface area contributed by atoms with E-state index in [2.05, 4.69) is 38.5 Å². The normalized spacial score (nSPS) is 11.4. The fraction of sp³-hybridized carbons (Fsp3) is 0.250. The van der Waals surface area contributed by atoms with Gasteiger partial charge in [-0.05, 0) is 97.0 Å². The van der Waals surface area contributed by atoms with E-state index in [0.29, 0.717) is 16.8 Å². The molecular weight excluding hydrogens is 473 g/mol. The molecule has 0 saturated heterocycles. The maximum absolute atomic E-state index is 12.3. The van der Waals surface area contributed by atoms with Gasteiger partial charge in [0.05, 0.1) is 0 Å². The summed E-state index contributed by atoms with van der Waals surface area (Å²) in [6.07, 6.45) is 0.874. The van der Waals surface area contributed by atoms with E-state index in [4.69, 9.17) is 12.2 Å². The standard InChI is InChI=1S/C20H22IN3O2S/c1-4-13(3)22-18(25)14-7-9-16(10-8-14)23-20(27)24-19(26)15-6-5-12(2)17(21)11-15/h5-11,13H,4H2,1-3H3,(H,22,25)(H2,23,24,26,27). The van der Waals surface area contributed by atoms with Crippen LogP contribution in [0.25, 0.3) is 0 Å². The Kier molecular flexibility index (Phi) is 7.73. The molecule has 142 valence electrons. The SMILES string of the molecule is CCC(C)NC(=O)c1ccc(NC(=S)NC(=O)c2ccc(C)c(I)c2)cc1. The Morgan fingerprint density at radius 3 is 2.30 bits per heavy atom. The number of carbonyl (C=O) groups excluding carboxylic acids is 2. The molecule has 0 bridgehead atoms. The lowest BCUT2D eigenvalue weighted by Crippen LogP contribution is -2.34. The van der Waals surface area contributed by atoms with E-state index in [0.717, 1.165) is 15.6 Å². The van der Waals surface area contributed by atoms with Gasteiger partial charge in [0.1, 0.15) is 0 Å². The summed E-state index contributed by atoms with van der Waals surface area (Å²) < 4.78 is 1.02. The predicted molar refractivity (Wildman–Crippen MR) is 121 cm³/mol. The van der Waals surface area contributed by atoms with Gasteiger partial charge in [0.15, 0.2) is 5.11 Å². The molecule has 5 nitrogen and oxygen atoms in total. The minimum atomic E-state index is -0.269. The molecule has 2 aromatic carbocycles. The van der Waals surface area contributed by atoms with Gasteiger partial charge in [-0.3, -0.25) is 14.9 Å². The Morgan fingerprint density at radius 1 is 1.07 bits per heavy atom. The van der Waals surface area contributed by atoms with Gasteiger partial charge in [-0.2, -0.15) is 0 Å².